The lowest BCUT2D eigenvalue weighted by atomic mass is 10.1. The molecule has 1 rings (SSSR count). The lowest BCUT2D eigenvalue weighted by Gasteiger charge is -1.93. The lowest BCUT2D eigenvalue weighted by molar-refractivity contribution is 0.102. The monoisotopic (exact) mass is 230 g/mol. The molecule has 0 aromatic carbocycles. The Labute approximate surface area is 79.9 Å². The second kappa shape index (κ2) is 3.85. The van der Waals surface area contributed by atoms with E-state index in [2.05, 4.69) is 21.0 Å². The molecule has 1 aromatic rings. The zero-order chi connectivity index (χ0) is 9.14. The Kier molecular flexibility index (Phi) is 3.03. The Bertz CT molecular complexity index is 293. The van der Waals surface area contributed by atoms with Crippen LogP contribution in [0.1, 0.15) is 23.0 Å². The summed E-state index contributed by atoms with van der Waals surface area (Å²) in [6, 6.07) is 0. The highest BCUT2D eigenvalue weighted by molar-refractivity contribution is 9.09. The van der Waals surface area contributed by atoms with Gasteiger partial charge in [0.05, 0.1) is 16.6 Å². The molecule has 0 atom stereocenters. The van der Waals surface area contributed by atoms with Crippen molar-refractivity contribution in [1.82, 2.24) is 9.78 Å². The largest absolute Gasteiger partial charge is 0.293 e. The predicted molar refractivity (Wildman–Crippen MR) is 50.7 cm³/mol. The van der Waals surface area contributed by atoms with Crippen LogP contribution in [0.15, 0.2) is 6.20 Å². The molecule has 0 radical (unpaired) electrons. The third kappa shape index (κ3) is 1.75. The summed E-state index contributed by atoms with van der Waals surface area (Å²) in [6.45, 7) is 1.99. The summed E-state index contributed by atoms with van der Waals surface area (Å²) in [7, 11) is 1.82. The van der Waals surface area contributed by atoms with Crippen LogP contribution in [0.4, 0.5) is 0 Å². The summed E-state index contributed by atoms with van der Waals surface area (Å²) in [6.07, 6.45) is 2.57. The average Bonchev–Trinajstić information content (AvgIpc) is 2.45. The van der Waals surface area contributed by atoms with Crippen molar-refractivity contribution < 1.29 is 4.79 Å². The van der Waals surface area contributed by atoms with Gasteiger partial charge >= 0.3 is 0 Å². The molecule has 0 unspecified atom stereocenters. The van der Waals surface area contributed by atoms with E-state index in [1.165, 1.54) is 0 Å². The van der Waals surface area contributed by atoms with Gasteiger partial charge in [0.25, 0.3) is 0 Å². The van der Waals surface area contributed by atoms with E-state index in [1.54, 1.807) is 10.9 Å². The SMILES string of the molecule is CCc1nn(C)cc1C(=O)CBr. The molecule has 0 aliphatic rings. The Morgan fingerprint density at radius 3 is 2.92 bits per heavy atom. The summed E-state index contributed by atoms with van der Waals surface area (Å²) in [5.74, 6) is 0.0972. The van der Waals surface area contributed by atoms with Crippen LogP contribution < -0.4 is 0 Å². The first-order valence-corrected chi connectivity index (χ1v) is 4.92. The Morgan fingerprint density at radius 1 is 1.75 bits per heavy atom. The Hall–Kier alpha value is -0.640. The number of ketones is 1. The van der Waals surface area contributed by atoms with Crippen molar-refractivity contribution in [2.75, 3.05) is 5.33 Å². The van der Waals surface area contributed by atoms with Crippen LogP contribution in [0.5, 0.6) is 0 Å². The molecule has 1 aromatic heterocycles. The van der Waals surface area contributed by atoms with Crippen molar-refractivity contribution >= 4 is 21.7 Å². The standard InChI is InChI=1S/C8H11BrN2O/c1-3-7-6(8(12)4-9)5-11(2)10-7/h5H,3-4H2,1-2H3. The van der Waals surface area contributed by atoms with Crippen molar-refractivity contribution in [3.05, 3.63) is 17.5 Å². The molecule has 0 amide bonds. The molecular weight excluding hydrogens is 220 g/mol. The summed E-state index contributed by atoms with van der Waals surface area (Å²) < 4.78 is 1.68. The number of aryl methyl sites for hydroxylation is 2. The number of Topliss-reactive ketones (excluding diaryl/α,β-unsaturated/α-hetero) is 1. The number of halogens is 1. The summed E-state index contributed by atoms with van der Waals surface area (Å²) in [4.78, 5) is 11.3. The summed E-state index contributed by atoms with van der Waals surface area (Å²) in [5, 5.41) is 4.54. The van der Waals surface area contributed by atoms with E-state index < -0.39 is 0 Å². The maximum Gasteiger partial charge on any atom is 0.176 e. The van der Waals surface area contributed by atoms with E-state index in [9.17, 15) is 4.79 Å². The van der Waals surface area contributed by atoms with E-state index in [0.717, 1.165) is 17.7 Å². The molecule has 0 bridgehead atoms. The van der Waals surface area contributed by atoms with Gasteiger partial charge in [-0.05, 0) is 6.42 Å². The third-order valence-electron chi connectivity index (χ3n) is 1.66. The molecule has 0 saturated heterocycles. The fraction of sp³-hybridized carbons (Fsp3) is 0.500. The number of hydrogen-bond acceptors (Lipinski definition) is 2. The van der Waals surface area contributed by atoms with Crippen LogP contribution in [-0.4, -0.2) is 20.9 Å². The highest BCUT2D eigenvalue weighted by atomic mass is 79.9. The fourth-order valence-corrected chi connectivity index (χ4v) is 1.40. The minimum absolute atomic E-state index is 0.0972. The molecule has 0 aliphatic heterocycles. The minimum atomic E-state index is 0.0972. The molecule has 0 fully saturated rings. The zero-order valence-electron chi connectivity index (χ0n) is 7.17. The molecule has 3 nitrogen and oxygen atoms in total. The summed E-state index contributed by atoms with van der Waals surface area (Å²) >= 11 is 3.14. The van der Waals surface area contributed by atoms with Crippen LogP contribution in [0.2, 0.25) is 0 Å². The lowest BCUT2D eigenvalue weighted by Crippen LogP contribution is -2.01. The van der Waals surface area contributed by atoms with Crippen molar-refractivity contribution in [2.24, 2.45) is 7.05 Å². The van der Waals surface area contributed by atoms with Crippen molar-refractivity contribution in [1.29, 1.82) is 0 Å². The van der Waals surface area contributed by atoms with Crippen molar-refractivity contribution in [3.8, 4) is 0 Å². The maximum atomic E-state index is 11.3. The van der Waals surface area contributed by atoms with E-state index in [4.69, 9.17) is 0 Å². The normalized spacial score (nSPS) is 10.2. The average molecular weight is 231 g/mol. The van der Waals surface area contributed by atoms with Crippen molar-refractivity contribution in [3.63, 3.8) is 0 Å². The van der Waals surface area contributed by atoms with Crippen LogP contribution in [0.25, 0.3) is 0 Å². The molecule has 66 valence electrons. The molecule has 0 aliphatic carbocycles. The number of hydrogen-bond donors (Lipinski definition) is 0. The first kappa shape index (κ1) is 9.45. The Balaban J connectivity index is 3.04. The van der Waals surface area contributed by atoms with Crippen LogP contribution >= 0.6 is 15.9 Å². The van der Waals surface area contributed by atoms with Gasteiger partial charge in [0.15, 0.2) is 5.78 Å². The van der Waals surface area contributed by atoms with E-state index in [1.807, 2.05) is 14.0 Å². The van der Waals surface area contributed by atoms with Crippen LogP contribution in [-0.2, 0) is 13.5 Å². The molecule has 0 spiro atoms. The van der Waals surface area contributed by atoms with Gasteiger partial charge in [0.2, 0.25) is 0 Å². The zero-order valence-corrected chi connectivity index (χ0v) is 8.76. The predicted octanol–water partition coefficient (Wildman–Crippen LogP) is 1.56. The first-order chi connectivity index (χ1) is 5.69. The molecule has 4 heteroatoms. The van der Waals surface area contributed by atoms with Gasteiger partial charge < -0.3 is 0 Å². The topological polar surface area (TPSA) is 34.9 Å². The number of aromatic nitrogens is 2. The van der Waals surface area contributed by atoms with Gasteiger partial charge in [-0.15, -0.1) is 0 Å². The number of nitrogens with zero attached hydrogens (tertiary/aromatic N) is 2. The Morgan fingerprint density at radius 2 is 2.42 bits per heavy atom. The molecule has 0 saturated carbocycles. The van der Waals surface area contributed by atoms with E-state index in [0.29, 0.717) is 5.33 Å². The van der Waals surface area contributed by atoms with Crippen LogP contribution in [0, 0.1) is 0 Å². The van der Waals surface area contributed by atoms with E-state index in [-0.39, 0.29) is 5.78 Å². The smallest absolute Gasteiger partial charge is 0.176 e. The quantitative estimate of drug-likeness (QED) is 0.584. The van der Waals surface area contributed by atoms with Crippen molar-refractivity contribution in [2.45, 2.75) is 13.3 Å². The molecule has 1 heterocycles. The van der Waals surface area contributed by atoms with Gasteiger partial charge in [-0.25, -0.2) is 0 Å². The molecular formula is C8H11BrN2O. The maximum absolute atomic E-state index is 11.3. The summed E-state index contributed by atoms with van der Waals surface area (Å²) in [5.41, 5.74) is 1.61. The van der Waals surface area contributed by atoms with Gasteiger partial charge in [0.1, 0.15) is 0 Å². The molecule has 12 heavy (non-hydrogen) atoms. The third-order valence-corrected chi connectivity index (χ3v) is 2.17. The van der Waals surface area contributed by atoms with Crippen LogP contribution in [0.3, 0.4) is 0 Å². The second-order valence-corrected chi connectivity index (χ2v) is 3.13. The number of rotatable bonds is 3. The number of carbonyl (C=O) groups excluding carboxylic acids is 1. The fourth-order valence-electron chi connectivity index (χ4n) is 1.10. The highest BCUT2D eigenvalue weighted by Crippen LogP contribution is 2.08. The van der Waals surface area contributed by atoms with Gasteiger partial charge in [-0.1, -0.05) is 22.9 Å². The van der Waals surface area contributed by atoms with Gasteiger partial charge in [0, 0.05) is 13.2 Å². The first-order valence-electron chi connectivity index (χ1n) is 3.80. The molecule has 0 N–H and O–H groups in total. The number of carbonyl (C=O) groups is 1. The highest BCUT2D eigenvalue weighted by Gasteiger charge is 2.12. The van der Waals surface area contributed by atoms with Gasteiger partial charge in [-0.3, -0.25) is 9.48 Å². The second-order valence-electron chi connectivity index (χ2n) is 2.57. The van der Waals surface area contributed by atoms with E-state index >= 15 is 0 Å². The minimum Gasteiger partial charge on any atom is -0.293 e. The number of alkyl halides is 1. The van der Waals surface area contributed by atoms with Gasteiger partial charge in [-0.2, -0.15) is 5.10 Å².